The average molecular weight is 365 g/mol. The molecule has 0 saturated heterocycles. The summed E-state index contributed by atoms with van der Waals surface area (Å²) in [5.74, 6) is -0.146. The smallest absolute Gasteiger partial charge is 0.349 e. The first kappa shape index (κ1) is 17.3. The Kier molecular flexibility index (Phi) is 4.20. The largest absolute Gasteiger partial charge is 0.493 e. The molecule has 27 heavy (non-hydrogen) atoms. The van der Waals surface area contributed by atoms with Crippen LogP contribution in [0.4, 0.5) is 0 Å². The van der Waals surface area contributed by atoms with E-state index in [1.807, 2.05) is 24.3 Å². The Morgan fingerprint density at radius 1 is 1.19 bits per heavy atom. The van der Waals surface area contributed by atoms with Gasteiger partial charge in [0.15, 0.2) is 11.3 Å². The second-order valence-corrected chi connectivity index (χ2v) is 6.86. The molecule has 3 aromatic rings. The van der Waals surface area contributed by atoms with Crippen molar-refractivity contribution in [1.29, 1.82) is 0 Å². The second-order valence-electron chi connectivity index (χ2n) is 6.86. The molecule has 4 rings (SSSR count). The van der Waals surface area contributed by atoms with Crippen molar-refractivity contribution in [2.75, 3.05) is 13.7 Å². The maximum Gasteiger partial charge on any atom is 0.349 e. The van der Waals surface area contributed by atoms with Gasteiger partial charge in [-0.2, -0.15) is 0 Å². The highest BCUT2D eigenvalue weighted by Gasteiger charge is 2.35. The van der Waals surface area contributed by atoms with Gasteiger partial charge in [-0.05, 0) is 23.3 Å². The van der Waals surface area contributed by atoms with Crippen molar-refractivity contribution in [1.82, 2.24) is 5.32 Å². The second kappa shape index (κ2) is 6.55. The van der Waals surface area contributed by atoms with E-state index in [1.165, 1.54) is 13.2 Å². The molecule has 1 aliphatic rings. The molecule has 1 aliphatic carbocycles. The van der Waals surface area contributed by atoms with Gasteiger partial charge in [-0.3, -0.25) is 4.79 Å². The highest BCUT2D eigenvalue weighted by atomic mass is 16.5. The van der Waals surface area contributed by atoms with Gasteiger partial charge in [-0.25, -0.2) is 4.79 Å². The normalized spacial score (nSPS) is 14.7. The molecular formula is C21H19NO5. The fourth-order valence-corrected chi connectivity index (χ4v) is 3.58. The van der Waals surface area contributed by atoms with Crippen LogP contribution >= 0.6 is 0 Å². The van der Waals surface area contributed by atoms with Crippen molar-refractivity contribution in [2.45, 2.75) is 18.4 Å². The number of carbonyl (C=O) groups excluding carboxylic acids is 1. The van der Waals surface area contributed by atoms with E-state index in [1.54, 1.807) is 18.2 Å². The van der Waals surface area contributed by atoms with Gasteiger partial charge in [0.2, 0.25) is 0 Å². The number of hydrogen-bond donors (Lipinski definition) is 2. The maximum absolute atomic E-state index is 12.5. The molecule has 0 unspecified atom stereocenters. The first-order valence-corrected chi connectivity index (χ1v) is 8.67. The number of carbonyl (C=O) groups is 1. The predicted octanol–water partition coefficient (Wildman–Crippen LogP) is 2.06. The van der Waals surface area contributed by atoms with Crippen molar-refractivity contribution < 1.29 is 19.1 Å². The van der Waals surface area contributed by atoms with E-state index in [0.29, 0.717) is 29.6 Å². The third kappa shape index (κ3) is 3.19. The molecule has 6 nitrogen and oxygen atoms in total. The van der Waals surface area contributed by atoms with Crippen LogP contribution in [0.15, 0.2) is 57.7 Å². The Bertz CT molecular complexity index is 1060. The van der Waals surface area contributed by atoms with E-state index in [2.05, 4.69) is 5.32 Å². The molecule has 0 atom stereocenters. The van der Waals surface area contributed by atoms with Crippen molar-refractivity contribution in [3.63, 3.8) is 0 Å². The number of rotatable bonds is 4. The van der Waals surface area contributed by atoms with Crippen molar-refractivity contribution in [3.05, 3.63) is 75.6 Å². The maximum atomic E-state index is 12.5. The van der Waals surface area contributed by atoms with Crippen LogP contribution in [0.2, 0.25) is 0 Å². The number of fused-ring (bicyclic) bond motifs is 2. The van der Waals surface area contributed by atoms with Gasteiger partial charge >= 0.3 is 5.63 Å². The zero-order chi connectivity index (χ0) is 19.0. The fourth-order valence-electron chi connectivity index (χ4n) is 3.58. The van der Waals surface area contributed by atoms with Gasteiger partial charge in [0.05, 0.1) is 12.7 Å². The third-order valence-corrected chi connectivity index (χ3v) is 4.92. The number of para-hydroxylation sites is 1. The minimum absolute atomic E-state index is 0.0517. The first-order chi connectivity index (χ1) is 13.0. The third-order valence-electron chi connectivity index (χ3n) is 4.92. The summed E-state index contributed by atoms with van der Waals surface area (Å²) in [7, 11) is 1.48. The van der Waals surface area contributed by atoms with Crippen molar-refractivity contribution in [3.8, 4) is 5.75 Å². The SMILES string of the molecule is COc1cccc2cc(C(=O)NCC3(O)Cc4ccccc4C3)c(=O)oc12. The lowest BCUT2D eigenvalue weighted by Crippen LogP contribution is -2.44. The molecule has 2 N–H and O–H groups in total. The van der Waals surface area contributed by atoms with E-state index >= 15 is 0 Å². The molecule has 1 aromatic heterocycles. The van der Waals surface area contributed by atoms with Crippen LogP contribution in [0.3, 0.4) is 0 Å². The van der Waals surface area contributed by atoms with Gasteiger partial charge in [0.25, 0.3) is 5.91 Å². The van der Waals surface area contributed by atoms with Gasteiger partial charge < -0.3 is 19.6 Å². The number of amides is 1. The topological polar surface area (TPSA) is 88.8 Å². The Hall–Kier alpha value is -3.12. The standard InChI is InChI=1S/C21H19NO5/c1-26-17-8-4-7-13-9-16(20(24)27-18(13)17)19(23)22-12-21(25)10-14-5-2-3-6-15(14)11-21/h2-9,25H,10-12H2,1H3,(H,22,23). The highest BCUT2D eigenvalue weighted by molar-refractivity contribution is 5.97. The number of benzene rings is 2. The van der Waals surface area contributed by atoms with Crippen LogP contribution in [0, 0.1) is 0 Å². The van der Waals surface area contributed by atoms with Gasteiger partial charge in [-0.1, -0.05) is 36.4 Å². The predicted molar refractivity (Wildman–Crippen MR) is 100 cm³/mol. The van der Waals surface area contributed by atoms with Crippen LogP contribution in [0.1, 0.15) is 21.5 Å². The summed E-state index contributed by atoms with van der Waals surface area (Å²) in [5.41, 5.74) is 0.546. The Morgan fingerprint density at radius 3 is 2.56 bits per heavy atom. The summed E-state index contributed by atoms with van der Waals surface area (Å²) in [6.45, 7) is 0.0517. The minimum Gasteiger partial charge on any atom is -0.493 e. The molecule has 0 saturated carbocycles. The van der Waals surface area contributed by atoms with E-state index in [4.69, 9.17) is 9.15 Å². The van der Waals surface area contributed by atoms with Gasteiger partial charge in [-0.15, -0.1) is 0 Å². The summed E-state index contributed by atoms with van der Waals surface area (Å²) in [6, 6.07) is 14.4. The van der Waals surface area contributed by atoms with Crippen LogP contribution < -0.4 is 15.7 Å². The van der Waals surface area contributed by atoms with Gasteiger partial charge in [0.1, 0.15) is 5.56 Å². The summed E-state index contributed by atoms with van der Waals surface area (Å²) in [6.07, 6.45) is 0.931. The summed E-state index contributed by atoms with van der Waals surface area (Å²) in [4.78, 5) is 24.8. The molecule has 2 aromatic carbocycles. The Morgan fingerprint density at radius 2 is 1.89 bits per heavy atom. The van der Waals surface area contributed by atoms with Crippen molar-refractivity contribution in [2.24, 2.45) is 0 Å². The number of methoxy groups -OCH3 is 1. The lowest BCUT2D eigenvalue weighted by molar-refractivity contribution is 0.0479. The van der Waals surface area contributed by atoms with Gasteiger partial charge in [0, 0.05) is 24.8 Å². The molecule has 0 spiro atoms. The molecule has 1 amide bonds. The van der Waals surface area contributed by atoms with E-state index in [-0.39, 0.29) is 12.1 Å². The number of aliphatic hydroxyl groups is 1. The molecule has 138 valence electrons. The van der Waals surface area contributed by atoms with Crippen LogP contribution in [0.5, 0.6) is 5.75 Å². The van der Waals surface area contributed by atoms with E-state index in [9.17, 15) is 14.7 Å². The number of hydrogen-bond acceptors (Lipinski definition) is 5. The Labute approximate surface area is 155 Å². The average Bonchev–Trinajstić information content (AvgIpc) is 3.01. The molecule has 0 radical (unpaired) electrons. The molecular weight excluding hydrogens is 346 g/mol. The Balaban J connectivity index is 1.54. The van der Waals surface area contributed by atoms with Crippen LogP contribution in [0.25, 0.3) is 11.0 Å². The van der Waals surface area contributed by atoms with E-state index in [0.717, 1.165) is 11.1 Å². The highest BCUT2D eigenvalue weighted by Crippen LogP contribution is 2.29. The van der Waals surface area contributed by atoms with Crippen molar-refractivity contribution >= 4 is 16.9 Å². The molecule has 1 heterocycles. The minimum atomic E-state index is -1.06. The lowest BCUT2D eigenvalue weighted by atomic mass is 10.0. The fraction of sp³-hybridized carbons (Fsp3) is 0.238. The summed E-state index contributed by atoms with van der Waals surface area (Å²) >= 11 is 0. The van der Waals surface area contributed by atoms with Crippen LogP contribution in [-0.2, 0) is 12.8 Å². The first-order valence-electron chi connectivity index (χ1n) is 8.67. The number of ether oxygens (including phenoxy) is 1. The number of nitrogens with one attached hydrogen (secondary N) is 1. The summed E-state index contributed by atoms with van der Waals surface area (Å²) < 4.78 is 10.5. The van der Waals surface area contributed by atoms with E-state index < -0.39 is 17.1 Å². The quantitative estimate of drug-likeness (QED) is 0.691. The lowest BCUT2D eigenvalue weighted by Gasteiger charge is -2.22. The zero-order valence-corrected chi connectivity index (χ0v) is 14.8. The molecule has 0 aliphatic heterocycles. The summed E-state index contributed by atoms with van der Waals surface area (Å²) in [5, 5.41) is 14.0. The molecule has 0 bridgehead atoms. The molecule has 0 fully saturated rings. The van der Waals surface area contributed by atoms with Crippen LogP contribution in [-0.4, -0.2) is 30.3 Å². The molecule has 6 heteroatoms. The zero-order valence-electron chi connectivity index (χ0n) is 14.8. The monoisotopic (exact) mass is 365 g/mol.